The normalized spacial score (nSPS) is 11.2. The molecule has 0 saturated carbocycles. The molecule has 1 aromatic rings. The molecule has 6 heteroatoms. The van der Waals surface area contributed by atoms with Gasteiger partial charge in [-0.15, -0.1) is 11.8 Å². The van der Waals surface area contributed by atoms with Crippen LogP contribution in [0, 0.1) is 5.82 Å². The number of carbonyl (C=O) groups is 2. The van der Waals surface area contributed by atoms with Crippen LogP contribution in [0.25, 0.3) is 0 Å². The van der Waals surface area contributed by atoms with Crippen molar-refractivity contribution in [2.75, 3.05) is 5.75 Å². The van der Waals surface area contributed by atoms with Gasteiger partial charge in [0.05, 0.1) is 11.3 Å². The van der Waals surface area contributed by atoms with Crippen molar-refractivity contribution in [3.63, 3.8) is 0 Å². The van der Waals surface area contributed by atoms with E-state index in [0.29, 0.717) is 0 Å². The Balaban J connectivity index is 2.70. The fourth-order valence-electron chi connectivity index (χ4n) is 1.25. The highest BCUT2D eigenvalue weighted by atomic mass is 32.2. The van der Waals surface area contributed by atoms with Gasteiger partial charge in [0.25, 0.3) is 0 Å². The third-order valence-electron chi connectivity index (χ3n) is 1.94. The molecule has 1 N–H and O–H groups in total. The first-order valence-corrected chi connectivity index (χ1v) is 6.55. The molecule has 1 aromatic carbocycles. The molecule has 19 heavy (non-hydrogen) atoms. The third-order valence-corrected chi connectivity index (χ3v) is 2.95. The zero-order valence-electron chi connectivity index (χ0n) is 10.9. The first-order valence-electron chi connectivity index (χ1n) is 5.56. The number of esters is 1. The molecule has 0 spiro atoms. The number of carboxylic acids is 1. The van der Waals surface area contributed by atoms with Crippen molar-refractivity contribution in [1.82, 2.24) is 0 Å². The Kier molecular flexibility index (Phi) is 4.94. The van der Waals surface area contributed by atoms with E-state index in [2.05, 4.69) is 0 Å². The lowest BCUT2D eigenvalue weighted by atomic mass is 10.2. The highest BCUT2D eigenvalue weighted by molar-refractivity contribution is 8.00. The molecule has 0 aliphatic rings. The molecular weight excluding hydrogens is 271 g/mol. The second kappa shape index (κ2) is 6.06. The van der Waals surface area contributed by atoms with Crippen molar-refractivity contribution >= 4 is 23.7 Å². The van der Waals surface area contributed by atoms with E-state index < -0.39 is 23.4 Å². The van der Waals surface area contributed by atoms with Crippen LogP contribution in [-0.4, -0.2) is 28.4 Å². The summed E-state index contributed by atoms with van der Waals surface area (Å²) in [6, 6.07) is 3.45. The number of ether oxygens (including phenoxy) is 1. The predicted octanol–water partition coefficient (Wildman–Crippen LogP) is 2.96. The Morgan fingerprint density at radius 3 is 2.53 bits per heavy atom. The zero-order chi connectivity index (χ0) is 14.6. The average Bonchev–Trinajstić information content (AvgIpc) is 2.25. The van der Waals surface area contributed by atoms with Crippen molar-refractivity contribution in [2.45, 2.75) is 31.3 Å². The Labute approximate surface area is 115 Å². The van der Waals surface area contributed by atoms with E-state index in [4.69, 9.17) is 9.84 Å². The Bertz CT molecular complexity index is 494. The van der Waals surface area contributed by atoms with Gasteiger partial charge in [-0.3, -0.25) is 4.79 Å². The van der Waals surface area contributed by atoms with E-state index in [1.165, 1.54) is 12.1 Å². The fraction of sp³-hybridized carbons (Fsp3) is 0.385. The van der Waals surface area contributed by atoms with Crippen molar-refractivity contribution in [3.8, 4) is 0 Å². The maximum atomic E-state index is 13.5. The molecule has 0 aliphatic carbocycles. The molecule has 4 nitrogen and oxygen atoms in total. The van der Waals surface area contributed by atoms with Gasteiger partial charge in [-0.2, -0.15) is 0 Å². The average molecular weight is 286 g/mol. The minimum atomic E-state index is -1.14. The molecule has 0 unspecified atom stereocenters. The second-order valence-corrected chi connectivity index (χ2v) is 5.84. The van der Waals surface area contributed by atoms with Gasteiger partial charge in [-0.25, -0.2) is 9.18 Å². The minimum absolute atomic E-state index is 0.0203. The smallest absolute Gasteiger partial charge is 0.335 e. The van der Waals surface area contributed by atoms with Crippen molar-refractivity contribution < 1.29 is 23.8 Å². The number of hydrogen-bond donors (Lipinski definition) is 1. The monoisotopic (exact) mass is 286 g/mol. The standard InChI is InChI=1S/C13H15FO4S/c1-13(2,3)18-11(15)7-19-10-6-8(12(16)17)4-5-9(10)14/h4-6H,7H2,1-3H3,(H,16,17). The summed E-state index contributed by atoms with van der Waals surface area (Å²) in [5, 5.41) is 8.81. The van der Waals surface area contributed by atoms with Gasteiger partial charge in [0.1, 0.15) is 11.4 Å². The minimum Gasteiger partial charge on any atom is -0.478 e. The number of carboxylic acid groups (broad SMARTS) is 1. The van der Waals surface area contributed by atoms with Gasteiger partial charge in [0.2, 0.25) is 0 Å². The van der Waals surface area contributed by atoms with Crippen molar-refractivity contribution in [2.24, 2.45) is 0 Å². The van der Waals surface area contributed by atoms with E-state index in [0.717, 1.165) is 17.8 Å². The summed E-state index contributed by atoms with van der Waals surface area (Å²) < 4.78 is 18.5. The number of aromatic carboxylic acids is 1. The number of carbonyl (C=O) groups excluding carboxylic acids is 1. The molecule has 0 amide bonds. The topological polar surface area (TPSA) is 63.6 Å². The Hall–Kier alpha value is -1.56. The highest BCUT2D eigenvalue weighted by Crippen LogP contribution is 2.24. The van der Waals surface area contributed by atoms with Crippen LogP contribution in [0.3, 0.4) is 0 Å². The molecule has 0 bridgehead atoms. The van der Waals surface area contributed by atoms with E-state index >= 15 is 0 Å². The highest BCUT2D eigenvalue weighted by Gasteiger charge is 2.17. The summed E-state index contributed by atoms with van der Waals surface area (Å²) in [6.45, 7) is 5.21. The van der Waals surface area contributed by atoms with E-state index in [1.807, 2.05) is 0 Å². The van der Waals surface area contributed by atoms with Crippen LogP contribution >= 0.6 is 11.8 Å². The molecule has 0 atom stereocenters. The van der Waals surface area contributed by atoms with Crippen molar-refractivity contribution in [3.05, 3.63) is 29.6 Å². The molecule has 0 aromatic heterocycles. The van der Waals surface area contributed by atoms with Gasteiger partial charge >= 0.3 is 11.9 Å². The SMILES string of the molecule is CC(C)(C)OC(=O)CSc1cc(C(=O)O)ccc1F. The molecule has 0 heterocycles. The van der Waals surface area contributed by atoms with Crippen LogP contribution in [0.15, 0.2) is 23.1 Å². The quantitative estimate of drug-likeness (QED) is 0.681. The number of hydrogen-bond acceptors (Lipinski definition) is 4. The lowest BCUT2D eigenvalue weighted by Crippen LogP contribution is -2.24. The summed E-state index contributed by atoms with van der Waals surface area (Å²) in [5.74, 6) is -2.24. The van der Waals surface area contributed by atoms with Gasteiger partial charge in [0, 0.05) is 4.90 Å². The van der Waals surface area contributed by atoms with Crippen LogP contribution in [0.2, 0.25) is 0 Å². The summed E-state index contributed by atoms with van der Waals surface area (Å²) in [4.78, 5) is 22.4. The third kappa shape index (κ3) is 5.30. The van der Waals surface area contributed by atoms with Crippen molar-refractivity contribution in [1.29, 1.82) is 0 Å². The maximum absolute atomic E-state index is 13.5. The number of halogens is 1. The number of rotatable bonds is 4. The number of benzene rings is 1. The fourth-order valence-corrected chi connectivity index (χ4v) is 2.00. The molecular formula is C13H15FO4S. The lowest BCUT2D eigenvalue weighted by molar-refractivity contribution is -0.151. The summed E-state index contributed by atoms with van der Waals surface area (Å²) in [6.07, 6.45) is 0. The summed E-state index contributed by atoms with van der Waals surface area (Å²) >= 11 is 0.915. The van der Waals surface area contributed by atoms with Crippen LogP contribution in [0.1, 0.15) is 31.1 Å². The van der Waals surface area contributed by atoms with Crippen LogP contribution < -0.4 is 0 Å². The largest absolute Gasteiger partial charge is 0.478 e. The van der Waals surface area contributed by atoms with Crippen LogP contribution in [0.4, 0.5) is 4.39 Å². The second-order valence-electron chi connectivity index (χ2n) is 4.83. The van der Waals surface area contributed by atoms with Gasteiger partial charge in [0.15, 0.2) is 0 Å². The summed E-state index contributed by atoms with van der Waals surface area (Å²) in [7, 11) is 0. The molecule has 0 saturated heterocycles. The molecule has 1 rings (SSSR count). The summed E-state index contributed by atoms with van der Waals surface area (Å²) in [5.41, 5.74) is -0.618. The molecule has 0 fully saturated rings. The van der Waals surface area contributed by atoms with Crippen LogP contribution in [0.5, 0.6) is 0 Å². The maximum Gasteiger partial charge on any atom is 0.335 e. The lowest BCUT2D eigenvalue weighted by Gasteiger charge is -2.19. The van der Waals surface area contributed by atoms with Gasteiger partial charge in [-0.05, 0) is 39.0 Å². The first-order chi connectivity index (χ1) is 8.69. The first kappa shape index (κ1) is 15.5. The number of thioether (sulfide) groups is 1. The predicted molar refractivity (Wildman–Crippen MR) is 69.9 cm³/mol. The van der Waals surface area contributed by atoms with E-state index in [1.54, 1.807) is 20.8 Å². The van der Waals surface area contributed by atoms with Crippen LogP contribution in [-0.2, 0) is 9.53 Å². The Morgan fingerprint density at radius 1 is 1.37 bits per heavy atom. The zero-order valence-corrected chi connectivity index (χ0v) is 11.7. The van der Waals surface area contributed by atoms with E-state index in [9.17, 15) is 14.0 Å². The molecule has 0 aliphatic heterocycles. The Morgan fingerprint density at radius 2 is 2.00 bits per heavy atom. The molecule has 104 valence electrons. The van der Waals surface area contributed by atoms with Gasteiger partial charge in [-0.1, -0.05) is 0 Å². The van der Waals surface area contributed by atoms with Gasteiger partial charge < -0.3 is 9.84 Å². The van der Waals surface area contributed by atoms with E-state index in [-0.39, 0.29) is 16.2 Å². The molecule has 0 radical (unpaired) electrons.